The molecule has 2 aromatic carbocycles. The van der Waals surface area contributed by atoms with Gasteiger partial charge in [0.25, 0.3) is 0 Å². The Morgan fingerprint density at radius 2 is 1.30 bits per heavy atom. The van der Waals surface area contributed by atoms with Gasteiger partial charge in [-0.15, -0.1) is 0 Å². The fourth-order valence-electron chi connectivity index (χ4n) is 2.88. The first-order chi connectivity index (χ1) is 11.0. The van der Waals surface area contributed by atoms with Crippen molar-refractivity contribution in [2.75, 3.05) is 0 Å². The van der Waals surface area contributed by atoms with Crippen molar-refractivity contribution in [1.29, 1.82) is 0 Å². The van der Waals surface area contributed by atoms with Crippen LogP contribution in [0.4, 0.5) is 0 Å². The molecule has 0 aliphatic heterocycles. The summed E-state index contributed by atoms with van der Waals surface area (Å²) in [5, 5.41) is 10.4. The third kappa shape index (κ3) is 4.59. The molecule has 0 radical (unpaired) electrons. The van der Waals surface area contributed by atoms with Gasteiger partial charge in [-0.25, -0.2) is 0 Å². The Morgan fingerprint density at radius 1 is 0.826 bits per heavy atom. The molecule has 2 aromatic rings. The number of rotatable bonds is 7. The number of aliphatic hydroxyl groups is 1. The van der Waals surface area contributed by atoms with Crippen molar-refractivity contribution >= 4 is 0 Å². The monoisotopic (exact) mass is 312 g/mol. The van der Waals surface area contributed by atoms with Gasteiger partial charge >= 0.3 is 0 Å². The molecule has 124 valence electrons. The van der Waals surface area contributed by atoms with Crippen LogP contribution in [0, 0.1) is 5.92 Å². The molecular weight excluding hydrogens is 284 g/mol. The number of aliphatic hydroxyl groups excluding tert-OH is 1. The summed E-state index contributed by atoms with van der Waals surface area (Å²) in [6.07, 6.45) is 1.81. The molecule has 1 N–H and O–H groups in total. The van der Waals surface area contributed by atoms with E-state index in [1.807, 2.05) is 38.1 Å². The van der Waals surface area contributed by atoms with Crippen LogP contribution in [-0.4, -0.2) is 11.2 Å². The smallest absolute Gasteiger partial charge is 0.119 e. The number of benzene rings is 2. The summed E-state index contributed by atoms with van der Waals surface area (Å²) in [6, 6.07) is 16.4. The lowest BCUT2D eigenvalue weighted by Gasteiger charge is -2.20. The Kier molecular flexibility index (Phi) is 6.23. The first-order valence-corrected chi connectivity index (χ1v) is 8.60. The van der Waals surface area contributed by atoms with Gasteiger partial charge in [-0.1, -0.05) is 63.1 Å². The number of hydrogen-bond acceptors (Lipinski definition) is 2. The highest BCUT2D eigenvalue weighted by atomic mass is 16.5. The average molecular weight is 312 g/mol. The standard InChI is InChI=1S/C21H28O2/c1-5-16(6-2)21(22)19-9-7-17(8-10-19)18-11-13-20(14-12-18)23-15(3)4/h7-16,21-22H,5-6H2,1-4H3. The molecule has 2 rings (SSSR count). The molecule has 23 heavy (non-hydrogen) atoms. The summed E-state index contributed by atoms with van der Waals surface area (Å²) in [5.41, 5.74) is 3.31. The number of ether oxygens (including phenoxy) is 1. The normalized spacial score (nSPS) is 12.7. The molecule has 0 heterocycles. The largest absolute Gasteiger partial charge is 0.491 e. The zero-order valence-electron chi connectivity index (χ0n) is 14.6. The minimum absolute atomic E-state index is 0.187. The maximum Gasteiger partial charge on any atom is 0.119 e. The molecule has 2 heteroatoms. The maximum atomic E-state index is 10.4. The molecular formula is C21H28O2. The van der Waals surface area contributed by atoms with Crippen LogP contribution >= 0.6 is 0 Å². The highest BCUT2D eigenvalue weighted by Crippen LogP contribution is 2.29. The minimum atomic E-state index is -0.374. The molecule has 0 saturated carbocycles. The summed E-state index contributed by atoms with van der Waals surface area (Å²) in [5.74, 6) is 1.22. The van der Waals surface area contributed by atoms with Crippen LogP contribution in [0.3, 0.4) is 0 Å². The fourth-order valence-corrected chi connectivity index (χ4v) is 2.88. The van der Waals surface area contributed by atoms with Crippen molar-refractivity contribution < 1.29 is 9.84 Å². The van der Waals surface area contributed by atoms with Crippen LogP contribution in [0.25, 0.3) is 11.1 Å². The van der Waals surface area contributed by atoms with Gasteiger partial charge in [-0.2, -0.15) is 0 Å². The van der Waals surface area contributed by atoms with E-state index in [2.05, 4.69) is 38.1 Å². The molecule has 0 amide bonds. The Morgan fingerprint density at radius 3 is 1.74 bits per heavy atom. The van der Waals surface area contributed by atoms with Crippen LogP contribution in [0.2, 0.25) is 0 Å². The first-order valence-electron chi connectivity index (χ1n) is 8.60. The van der Waals surface area contributed by atoms with E-state index in [-0.39, 0.29) is 12.2 Å². The van der Waals surface area contributed by atoms with E-state index in [0.717, 1.165) is 35.3 Å². The molecule has 0 bridgehead atoms. The summed E-state index contributed by atoms with van der Waals surface area (Å²) in [7, 11) is 0. The molecule has 0 aromatic heterocycles. The van der Waals surface area contributed by atoms with Crippen molar-refractivity contribution in [3.05, 3.63) is 54.1 Å². The molecule has 0 spiro atoms. The predicted molar refractivity (Wildman–Crippen MR) is 96.7 cm³/mol. The second-order valence-corrected chi connectivity index (χ2v) is 6.33. The highest BCUT2D eigenvalue weighted by molar-refractivity contribution is 5.64. The molecule has 0 fully saturated rings. The fraction of sp³-hybridized carbons (Fsp3) is 0.429. The topological polar surface area (TPSA) is 29.5 Å². The summed E-state index contributed by atoms with van der Waals surface area (Å²) < 4.78 is 5.67. The van der Waals surface area contributed by atoms with Crippen molar-refractivity contribution in [2.45, 2.75) is 52.7 Å². The van der Waals surface area contributed by atoms with E-state index < -0.39 is 0 Å². The van der Waals surface area contributed by atoms with Gasteiger partial charge in [0.05, 0.1) is 12.2 Å². The van der Waals surface area contributed by atoms with Crippen LogP contribution < -0.4 is 4.74 Å². The average Bonchev–Trinajstić information content (AvgIpc) is 2.56. The van der Waals surface area contributed by atoms with Crippen molar-refractivity contribution in [3.63, 3.8) is 0 Å². The van der Waals surface area contributed by atoms with Gasteiger partial charge in [0.15, 0.2) is 0 Å². The van der Waals surface area contributed by atoms with Crippen molar-refractivity contribution in [3.8, 4) is 16.9 Å². The minimum Gasteiger partial charge on any atom is -0.491 e. The third-order valence-corrected chi connectivity index (χ3v) is 4.31. The molecule has 2 nitrogen and oxygen atoms in total. The van der Waals surface area contributed by atoms with Gasteiger partial charge in [-0.3, -0.25) is 0 Å². The molecule has 0 aliphatic rings. The first kappa shape index (κ1) is 17.6. The molecule has 1 atom stereocenters. The molecule has 0 saturated heterocycles. The van der Waals surface area contributed by atoms with Gasteiger partial charge in [-0.05, 0) is 48.6 Å². The summed E-state index contributed by atoms with van der Waals surface area (Å²) in [6.45, 7) is 8.31. The zero-order valence-corrected chi connectivity index (χ0v) is 14.6. The Labute approximate surface area is 140 Å². The Hall–Kier alpha value is -1.80. The number of hydrogen-bond donors (Lipinski definition) is 1. The van der Waals surface area contributed by atoms with E-state index in [1.54, 1.807) is 0 Å². The second kappa shape index (κ2) is 8.16. The molecule has 1 unspecified atom stereocenters. The van der Waals surface area contributed by atoms with Gasteiger partial charge in [0.2, 0.25) is 0 Å². The summed E-state index contributed by atoms with van der Waals surface area (Å²) >= 11 is 0. The lowest BCUT2D eigenvalue weighted by molar-refractivity contribution is 0.103. The van der Waals surface area contributed by atoms with Gasteiger partial charge < -0.3 is 9.84 Å². The quantitative estimate of drug-likeness (QED) is 0.720. The van der Waals surface area contributed by atoms with E-state index >= 15 is 0 Å². The van der Waals surface area contributed by atoms with E-state index in [0.29, 0.717) is 5.92 Å². The highest BCUT2D eigenvalue weighted by Gasteiger charge is 2.17. The predicted octanol–water partition coefficient (Wildman–Crippen LogP) is 5.61. The van der Waals surface area contributed by atoms with Crippen molar-refractivity contribution in [1.82, 2.24) is 0 Å². The van der Waals surface area contributed by atoms with E-state index in [4.69, 9.17) is 4.74 Å². The SMILES string of the molecule is CCC(CC)C(O)c1ccc(-c2ccc(OC(C)C)cc2)cc1. The van der Waals surface area contributed by atoms with Crippen molar-refractivity contribution in [2.24, 2.45) is 5.92 Å². The lowest BCUT2D eigenvalue weighted by Crippen LogP contribution is -2.10. The maximum absolute atomic E-state index is 10.4. The van der Waals surface area contributed by atoms with Gasteiger partial charge in [0, 0.05) is 0 Å². The second-order valence-electron chi connectivity index (χ2n) is 6.33. The van der Waals surface area contributed by atoms with Gasteiger partial charge in [0.1, 0.15) is 5.75 Å². The summed E-state index contributed by atoms with van der Waals surface area (Å²) in [4.78, 5) is 0. The zero-order chi connectivity index (χ0) is 16.8. The van der Waals surface area contributed by atoms with Crippen LogP contribution in [0.5, 0.6) is 5.75 Å². The molecule has 0 aliphatic carbocycles. The van der Waals surface area contributed by atoms with E-state index in [9.17, 15) is 5.11 Å². The lowest BCUT2D eigenvalue weighted by atomic mass is 9.90. The van der Waals surface area contributed by atoms with E-state index in [1.165, 1.54) is 0 Å². The van der Waals surface area contributed by atoms with Crippen LogP contribution in [0.15, 0.2) is 48.5 Å². The Balaban J connectivity index is 2.13. The Bertz CT molecular complexity index is 580. The van der Waals surface area contributed by atoms with Crippen LogP contribution in [-0.2, 0) is 0 Å². The van der Waals surface area contributed by atoms with Crippen LogP contribution in [0.1, 0.15) is 52.2 Å². The third-order valence-electron chi connectivity index (χ3n) is 4.31.